The first-order chi connectivity index (χ1) is 6.26. The molecule has 0 unspecified atom stereocenters. The summed E-state index contributed by atoms with van der Waals surface area (Å²) in [4.78, 5) is 8.24. The minimum atomic E-state index is 0.261. The lowest BCUT2D eigenvalue weighted by molar-refractivity contribution is 0.184. The van der Waals surface area contributed by atoms with Crippen LogP contribution in [0.3, 0.4) is 0 Å². The van der Waals surface area contributed by atoms with Crippen molar-refractivity contribution in [2.24, 2.45) is 0 Å². The van der Waals surface area contributed by atoms with Crippen molar-refractivity contribution in [1.82, 2.24) is 9.97 Å². The minimum Gasteiger partial charge on any atom is -0.473 e. The van der Waals surface area contributed by atoms with E-state index in [-0.39, 0.29) is 6.10 Å². The van der Waals surface area contributed by atoms with Crippen LogP contribution in [0.5, 0.6) is 5.88 Å². The van der Waals surface area contributed by atoms with Gasteiger partial charge in [-0.3, -0.25) is 4.98 Å². The number of ether oxygens (including phenoxy) is 1. The van der Waals surface area contributed by atoms with Crippen LogP contribution in [0, 0.1) is 6.92 Å². The Labute approximate surface area is 79.2 Å². The van der Waals surface area contributed by atoms with Crippen LogP contribution in [0.25, 0.3) is 0 Å². The van der Waals surface area contributed by atoms with Crippen molar-refractivity contribution in [2.75, 3.05) is 0 Å². The quantitative estimate of drug-likeness (QED) is 0.713. The maximum atomic E-state index is 5.59. The summed E-state index contributed by atoms with van der Waals surface area (Å²) in [6, 6.07) is 0. The summed E-state index contributed by atoms with van der Waals surface area (Å²) in [7, 11) is 0. The normalized spacial score (nSPS) is 10.5. The number of nitrogens with zero attached hydrogens (tertiary/aromatic N) is 2. The molecule has 0 saturated heterocycles. The van der Waals surface area contributed by atoms with Gasteiger partial charge < -0.3 is 4.74 Å². The van der Waals surface area contributed by atoms with Gasteiger partial charge in [0.1, 0.15) is 0 Å². The molecule has 1 rings (SSSR count). The lowest BCUT2D eigenvalue weighted by Crippen LogP contribution is -2.14. The van der Waals surface area contributed by atoms with Gasteiger partial charge in [-0.1, -0.05) is 13.8 Å². The van der Waals surface area contributed by atoms with Gasteiger partial charge in [0, 0.05) is 0 Å². The zero-order valence-corrected chi connectivity index (χ0v) is 8.45. The molecule has 1 aromatic rings. The number of hydrogen-bond acceptors (Lipinski definition) is 3. The maximum absolute atomic E-state index is 5.59. The van der Waals surface area contributed by atoms with Gasteiger partial charge in [0.25, 0.3) is 0 Å². The molecule has 0 bridgehead atoms. The molecular formula is C10H16N2O. The third-order valence-electron chi connectivity index (χ3n) is 1.96. The molecule has 0 aromatic carbocycles. The highest BCUT2D eigenvalue weighted by molar-refractivity contribution is 5.06. The molecule has 0 N–H and O–H groups in total. The second-order valence-electron chi connectivity index (χ2n) is 3.05. The van der Waals surface area contributed by atoms with Crippen LogP contribution in [0.4, 0.5) is 0 Å². The zero-order chi connectivity index (χ0) is 9.68. The summed E-state index contributed by atoms with van der Waals surface area (Å²) in [5.41, 5.74) is 0.914. The minimum absolute atomic E-state index is 0.261. The second-order valence-corrected chi connectivity index (χ2v) is 3.05. The number of aromatic nitrogens is 2. The highest BCUT2D eigenvalue weighted by atomic mass is 16.5. The molecular weight excluding hydrogens is 164 g/mol. The summed E-state index contributed by atoms with van der Waals surface area (Å²) in [5, 5.41) is 0. The first kappa shape index (κ1) is 9.96. The summed E-state index contributed by atoms with van der Waals surface area (Å²) in [6.07, 6.45) is 5.67. The molecule has 0 atom stereocenters. The zero-order valence-electron chi connectivity index (χ0n) is 8.45. The summed E-state index contributed by atoms with van der Waals surface area (Å²) < 4.78 is 5.59. The molecule has 0 aliphatic carbocycles. The molecule has 1 aromatic heterocycles. The molecule has 0 aliphatic heterocycles. The van der Waals surface area contributed by atoms with Gasteiger partial charge in [-0.15, -0.1) is 0 Å². The molecule has 0 aliphatic rings. The Balaban J connectivity index is 2.58. The van der Waals surface area contributed by atoms with E-state index in [4.69, 9.17) is 4.74 Å². The molecule has 72 valence electrons. The lowest BCUT2D eigenvalue weighted by Gasteiger charge is -2.13. The third-order valence-corrected chi connectivity index (χ3v) is 1.96. The van der Waals surface area contributed by atoms with E-state index in [1.165, 1.54) is 0 Å². The van der Waals surface area contributed by atoms with Gasteiger partial charge >= 0.3 is 0 Å². The predicted molar refractivity (Wildman–Crippen MR) is 51.8 cm³/mol. The average molecular weight is 180 g/mol. The number of rotatable bonds is 4. The van der Waals surface area contributed by atoms with E-state index in [0.717, 1.165) is 18.5 Å². The van der Waals surface area contributed by atoms with Crippen molar-refractivity contribution in [1.29, 1.82) is 0 Å². The average Bonchev–Trinajstić information content (AvgIpc) is 2.17. The van der Waals surface area contributed by atoms with Crippen molar-refractivity contribution >= 4 is 0 Å². The van der Waals surface area contributed by atoms with Gasteiger partial charge in [0.2, 0.25) is 5.88 Å². The van der Waals surface area contributed by atoms with Crippen LogP contribution in [-0.2, 0) is 0 Å². The smallest absolute Gasteiger partial charge is 0.232 e. The first-order valence-electron chi connectivity index (χ1n) is 4.71. The van der Waals surface area contributed by atoms with E-state index in [1.807, 2.05) is 6.92 Å². The fourth-order valence-corrected chi connectivity index (χ4v) is 1.07. The van der Waals surface area contributed by atoms with E-state index in [2.05, 4.69) is 23.8 Å². The van der Waals surface area contributed by atoms with Crippen molar-refractivity contribution < 1.29 is 4.74 Å². The van der Waals surface area contributed by atoms with Crippen molar-refractivity contribution in [3.63, 3.8) is 0 Å². The fraction of sp³-hybridized carbons (Fsp3) is 0.600. The monoisotopic (exact) mass is 180 g/mol. The van der Waals surface area contributed by atoms with Gasteiger partial charge in [-0.05, 0) is 19.8 Å². The van der Waals surface area contributed by atoms with Crippen LogP contribution < -0.4 is 4.74 Å². The molecule has 3 heteroatoms. The van der Waals surface area contributed by atoms with Crippen LogP contribution >= 0.6 is 0 Å². The molecule has 1 heterocycles. The van der Waals surface area contributed by atoms with Gasteiger partial charge in [-0.2, -0.15) is 0 Å². The largest absolute Gasteiger partial charge is 0.473 e. The SMILES string of the molecule is CCC(CC)Oc1cnc(C)cn1. The van der Waals surface area contributed by atoms with Crippen molar-refractivity contribution in [3.05, 3.63) is 18.1 Å². The van der Waals surface area contributed by atoms with Crippen molar-refractivity contribution in [3.8, 4) is 5.88 Å². The highest BCUT2D eigenvalue weighted by Crippen LogP contribution is 2.10. The predicted octanol–water partition coefficient (Wildman–Crippen LogP) is 2.35. The standard InChI is InChI=1S/C10H16N2O/c1-4-9(5-2)13-10-7-11-8(3)6-12-10/h6-7,9H,4-5H2,1-3H3. The van der Waals surface area contributed by atoms with Gasteiger partial charge in [0.05, 0.1) is 24.2 Å². The van der Waals surface area contributed by atoms with Crippen LogP contribution in [0.1, 0.15) is 32.4 Å². The van der Waals surface area contributed by atoms with E-state index >= 15 is 0 Å². The van der Waals surface area contributed by atoms with E-state index in [0.29, 0.717) is 5.88 Å². The Kier molecular flexibility index (Phi) is 3.68. The third kappa shape index (κ3) is 3.01. The number of aryl methyl sites for hydroxylation is 1. The number of hydrogen-bond donors (Lipinski definition) is 0. The van der Waals surface area contributed by atoms with Crippen LogP contribution in [0.15, 0.2) is 12.4 Å². The topological polar surface area (TPSA) is 35.0 Å². The van der Waals surface area contributed by atoms with E-state index < -0.39 is 0 Å². The molecule has 13 heavy (non-hydrogen) atoms. The molecule has 0 fully saturated rings. The molecule has 0 radical (unpaired) electrons. The van der Waals surface area contributed by atoms with Crippen molar-refractivity contribution in [2.45, 2.75) is 39.7 Å². The summed E-state index contributed by atoms with van der Waals surface area (Å²) in [6.45, 7) is 6.12. The summed E-state index contributed by atoms with van der Waals surface area (Å²) >= 11 is 0. The molecule has 0 spiro atoms. The molecule has 0 saturated carbocycles. The Bertz CT molecular complexity index is 242. The van der Waals surface area contributed by atoms with E-state index in [1.54, 1.807) is 12.4 Å². The molecule has 3 nitrogen and oxygen atoms in total. The van der Waals surface area contributed by atoms with Gasteiger partial charge in [-0.25, -0.2) is 4.98 Å². The Morgan fingerprint density at radius 3 is 2.38 bits per heavy atom. The maximum Gasteiger partial charge on any atom is 0.232 e. The van der Waals surface area contributed by atoms with E-state index in [9.17, 15) is 0 Å². The van der Waals surface area contributed by atoms with Gasteiger partial charge in [0.15, 0.2) is 0 Å². The molecule has 0 amide bonds. The second kappa shape index (κ2) is 4.80. The van der Waals surface area contributed by atoms with Crippen LogP contribution in [-0.4, -0.2) is 16.1 Å². The lowest BCUT2D eigenvalue weighted by atomic mass is 10.2. The Morgan fingerprint density at radius 2 is 1.92 bits per heavy atom. The Morgan fingerprint density at radius 1 is 1.23 bits per heavy atom. The first-order valence-corrected chi connectivity index (χ1v) is 4.71. The fourth-order valence-electron chi connectivity index (χ4n) is 1.07. The Hall–Kier alpha value is -1.12. The van der Waals surface area contributed by atoms with Crippen LogP contribution in [0.2, 0.25) is 0 Å². The summed E-state index contributed by atoms with van der Waals surface area (Å²) in [5.74, 6) is 0.624. The highest BCUT2D eigenvalue weighted by Gasteiger charge is 2.05.